The van der Waals surface area contributed by atoms with Crippen LogP contribution in [0.1, 0.15) is 119 Å². The van der Waals surface area contributed by atoms with E-state index >= 15 is 0 Å². The Hall–Kier alpha value is -3.62. The molecule has 228 valence electrons. The van der Waals surface area contributed by atoms with Crippen LogP contribution in [0.2, 0.25) is 0 Å². The normalized spacial score (nSPS) is 27.4. The van der Waals surface area contributed by atoms with Gasteiger partial charge in [0.25, 0.3) is 0 Å². The Labute approximate surface area is 251 Å². The first-order valence-electron chi connectivity index (χ1n) is 15.0. The maximum atomic E-state index is 14.0. The number of phenolic OH excluding ortho intramolecular Hbond substituents is 2. The van der Waals surface area contributed by atoms with E-state index in [0.717, 1.165) is 11.1 Å². The summed E-state index contributed by atoms with van der Waals surface area (Å²) in [5.41, 5.74) is 1.72. The third-order valence-corrected chi connectivity index (χ3v) is 9.98. The fourth-order valence-corrected chi connectivity index (χ4v) is 7.76. The number of fused-ring (bicyclic) bond motifs is 4. The molecule has 0 amide bonds. The number of allylic oxidation sites excluding steroid dienone is 2. The molecule has 4 atom stereocenters. The molecular weight excluding hydrogens is 548 g/mol. The SMILES string of the molecule is C[C@@H]1O[C@@H](C)Cc2cc3c(c(O)c21)C(O)=C(CC1=C(O)c2c(cc4c(c2O)[C@@H](C)O[C@@H](C)C4)C(C)(C)C1=O)C(=O)C3(C)C. The average Bonchev–Trinajstić information content (AvgIpc) is 2.89. The molecule has 4 aliphatic rings. The smallest absolute Gasteiger partial charge is 0.172 e. The molecule has 4 N–H and O–H groups in total. The highest BCUT2D eigenvalue weighted by atomic mass is 16.5. The second-order valence-corrected chi connectivity index (χ2v) is 13.8. The van der Waals surface area contributed by atoms with Gasteiger partial charge in [-0.15, -0.1) is 0 Å². The van der Waals surface area contributed by atoms with Crippen LogP contribution in [0.25, 0.3) is 11.5 Å². The molecule has 8 nitrogen and oxygen atoms in total. The van der Waals surface area contributed by atoms with Crippen LogP contribution in [-0.2, 0) is 42.7 Å². The Morgan fingerprint density at radius 1 is 0.674 bits per heavy atom. The molecule has 0 fully saturated rings. The van der Waals surface area contributed by atoms with Gasteiger partial charge in [-0.05, 0) is 90.5 Å². The number of hydrogen-bond acceptors (Lipinski definition) is 8. The Balaban J connectivity index is 1.55. The zero-order valence-corrected chi connectivity index (χ0v) is 26.0. The number of carbonyl (C=O) groups excluding carboxylic acids is 2. The van der Waals surface area contributed by atoms with Crippen molar-refractivity contribution in [2.24, 2.45) is 0 Å². The molecule has 6 rings (SSSR count). The molecule has 0 aromatic heterocycles. The Morgan fingerprint density at radius 2 is 1.02 bits per heavy atom. The van der Waals surface area contributed by atoms with Crippen molar-refractivity contribution in [1.82, 2.24) is 0 Å². The van der Waals surface area contributed by atoms with Gasteiger partial charge in [0.2, 0.25) is 0 Å². The second-order valence-electron chi connectivity index (χ2n) is 13.8. The van der Waals surface area contributed by atoms with Crippen molar-refractivity contribution in [3.05, 3.63) is 67.8 Å². The van der Waals surface area contributed by atoms with E-state index in [1.165, 1.54) is 0 Å². The van der Waals surface area contributed by atoms with Gasteiger partial charge in [0.1, 0.15) is 23.0 Å². The van der Waals surface area contributed by atoms with E-state index in [1.54, 1.807) is 27.7 Å². The lowest BCUT2D eigenvalue weighted by Crippen LogP contribution is -2.39. The van der Waals surface area contributed by atoms with Crippen LogP contribution in [0.3, 0.4) is 0 Å². The van der Waals surface area contributed by atoms with Crippen LogP contribution in [0.15, 0.2) is 23.3 Å². The number of carbonyl (C=O) groups is 2. The molecule has 43 heavy (non-hydrogen) atoms. The molecule has 0 saturated carbocycles. The molecular formula is C35H40O8. The summed E-state index contributed by atoms with van der Waals surface area (Å²) in [5, 5.41) is 46.2. The Bertz CT molecular complexity index is 1560. The molecule has 2 aromatic rings. The number of phenols is 2. The van der Waals surface area contributed by atoms with Gasteiger partial charge in [0, 0.05) is 28.7 Å². The summed E-state index contributed by atoms with van der Waals surface area (Å²) in [6.07, 6.45) is -0.244. The van der Waals surface area contributed by atoms with Crippen LogP contribution < -0.4 is 0 Å². The van der Waals surface area contributed by atoms with E-state index < -0.39 is 46.1 Å². The summed E-state index contributed by atoms with van der Waals surface area (Å²) < 4.78 is 11.9. The monoisotopic (exact) mass is 588 g/mol. The zero-order chi connectivity index (χ0) is 31.5. The van der Waals surface area contributed by atoms with Crippen LogP contribution in [-0.4, -0.2) is 44.2 Å². The van der Waals surface area contributed by atoms with E-state index in [0.29, 0.717) is 35.1 Å². The third-order valence-electron chi connectivity index (χ3n) is 9.98. The van der Waals surface area contributed by atoms with Crippen molar-refractivity contribution in [1.29, 1.82) is 0 Å². The van der Waals surface area contributed by atoms with Gasteiger partial charge < -0.3 is 29.9 Å². The number of ether oxygens (including phenoxy) is 2. The molecule has 2 aliphatic carbocycles. The molecule has 0 spiro atoms. The zero-order valence-electron chi connectivity index (χ0n) is 26.0. The molecule has 0 bridgehead atoms. The van der Waals surface area contributed by atoms with Gasteiger partial charge >= 0.3 is 0 Å². The topological polar surface area (TPSA) is 134 Å². The minimum Gasteiger partial charge on any atom is -0.507 e. The third kappa shape index (κ3) is 4.02. The number of aromatic hydroxyl groups is 2. The largest absolute Gasteiger partial charge is 0.507 e. The number of Topliss-reactive ketones (excluding diaryl/α,β-unsaturated/α-hetero) is 2. The summed E-state index contributed by atoms with van der Waals surface area (Å²) >= 11 is 0. The van der Waals surface area contributed by atoms with Crippen LogP contribution in [0.5, 0.6) is 11.5 Å². The fourth-order valence-electron chi connectivity index (χ4n) is 7.76. The van der Waals surface area contributed by atoms with Crippen molar-refractivity contribution in [2.75, 3.05) is 0 Å². The van der Waals surface area contributed by atoms with E-state index in [1.807, 2.05) is 39.8 Å². The highest BCUT2D eigenvalue weighted by Gasteiger charge is 2.48. The first-order chi connectivity index (χ1) is 20.0. The lowest BCUT2D eigenvalue weighted by molar-refractivity contribution is -0.120. The number of aliphatic hydroxyl groups is 2. The Kier molecular flexibility index (Phi) is 6.46. The minimum atomic E-state index is -1.14. The molecule has 0 radical (unpaired) electrons. The van der Waals surface area contributed by atoms with Crippen molar-refractivity contribution in [3.8, 4) is 11.5 Å². The molecule has 2 heterocycles. The minimum absolute atomic E-state index is 0.0690. The van der Waals surface area contributed by atoms with Crippen LogP contribution in [0.4, 0.5) is 0 Å². The van der Waals surface area contributed by atoms with Gasteiger partial charge in [-0.25, -0.2) is 0 Å². The second kappa shape index (κ2) is 9.44. The number of ketones is 2. The summed E-state index contributed by atoms with van der Waals surface area (Å²) in [7, 11) is 0. The number of rotatable bonds is 2. The maximum Gasteiger partial charge on any atom is 0.172 e. The molecule has 8 heteroatoms. The van der Waals surface area contributed by atoms with Crippen LogP contribution in [0, 0.1) is 0 Å². The van der Waals surface area contributed by atoms with Crippen LogP contribution >= 0.6 is 0 Å². The molecule has 0 saturated heterocycles. The van der Waals surface area contributed by atoms with Gasteiger partial charge in [0.15, 0.2) is 11.6 Å². The van der Waals surface area contributed by atoms with Gasteiger partial charge in [-0.2, -0.15) is 0 Å². The fraction of sp³-hybridized carbons (Fsp3) is 0.486. The summed E-state index contributed by atoms with van der Waals surface area (Å²) in [6, 6.07) is 3.75. The summed E-state index contributed by atoms with van der Waals surface area (Å²) in [5.74, 6) is -1.96. The predicted octanol–water partition coefficient (Wildman–Crippen LogP) is 6.49. The predicted molar refractivity (Wildman–Crippen MR) is 161 cm³/mol. The van der Waals surface area contributed by atoms with E-state index in [-0.39, 0.29) is 52.4 Å². The highest BCUT2D eigenvalue weighted by molar-refractivity contribution is 6.16. The lowest BCUT2D eigenvalue weighted by atomic mass is 9.65. The van der Waals surface area contributed by atoms with E-state index in [2.05, 4.69) is 0 Å². The number of aliphatic hydroxyl groups excluding tert-OH is 2. The Morgan fingerprint density at radius 3 is 1.37 bits per heavy atom. The van der Waals surface area contributed by atoms with Crippen molar-refractivity contribution in [3.63, 3.8) is 0 Å². The first-order valence-corrected chi connectivity index (χ1v) is 15.0. The lowest BCUT2D eigenvalue weighted by Gasteiger charge is -2.38. The first kappa shape index (κ1) is 29.5. The van der Waals surface area contributed by atoms with E-state index in [4.69, 9.17) is 9.47 Å². The maximum absolute atomic E-state index is 14.0. The van der Waals surface area contributed by atoms with Crippen molar-refractivity contribution in [2.45, 2.75) is 110 Å². The number of benzene rings is 2. The molecule has 2 aromatic carbocycles. The standard InChI is InChI=1S/C35H40O8/c1-14-9-18-11-22-26(30(38)24(18)16(3)42-14)28(36)20(32(40)34(22,5)6)13-21-29(37)27-23(35(7,8)33(21)41)12-19-10-15(2)43-17(4)25(19)31(27)39/h11-12,14-17,36-39H,9-10,13H2,1-8H3/t14-,15-,16-,17+/m0/s1. The van der Waals surface area contributed by atoms with Gasteiger partial charge in [0.05, 0.1) is 46.4 Å². The highest BCUT2D eigenvalue weighted by Crippen LogP contribution is 2.53. The average molecular weight is 589 g/mol. The van der Waals surface area contributed by atoms with Crippen molar-refractivity contribution < 1.29 is 39.5 Å². The quantitative estimate of drug-likeness (QED) is 0.313. The number of hydrogen-bond donors (Lipinski definition) is 4. The van der Waals surface area contributed by atoms with Crippen molar-refractivity contribution >= 4 is 23.1 Å². The van der Waals surface area contributed by atoms with Gasteiger partial charge in [-0.3, -0.25) is 9.59 Å². The molecule has 0 unspecified atom stereocenters. The summed E-state index contributed by atoms with van der Waals surface area (Å²) in [4.78, 5) is 28.1. The van der Waals surface area contributed by atoms with Gasteiger partial charge in [-0.1, -0.05) is 12.1 Å². The van der Waals surface area contributed by atoms with E-state index in [9.17, 15) is 30.0 Å². The summed E-state index contributed by atoms with van der Waals surface area (Å²) in [6.45, 7) is 14.5. The molecule has 2 aliphatic heterocycles.